The van der Waals surface area contributed by atoms with E-state index in [0.29, 0.717) is 5.56 Å². The van der Waals surface area contributed by atoms with Gasteiger partial charge in [0, 0.05) is 30.2 Å². The minimum absolute atomic E-state index is 0.0630. The van der Waals surface area contributed by atoms with Crippen LogP contribution in [0.5, 0.6) is 17.2 Å². The molecule has 6 N–H and O–H groups in total. The molecule has 3 aromatic heterocycles. The molecule has 0 bridgehead atoms. The number of fused-ring (bicyclic) bond motifs is 1. The number of aromatic hydroxyl groups is 3. The first-order chi connectivity index (χ1) is 31.2. The third kappa shape index (κ3) is 10.5. The van der Waals surface area contributed by atoms with E-state index in [1.165, 1.54) is 30.3 Å². The van der Waals surface area contributed by atoms with Crippen molar-refractivity contribution < 1.29 is 71.9 Å². The Bertz CT molecular complexity index is 2770. The average Bonchev–Trinajstić information content (AvgIpc) is 4.02. The van der Waals surface area contributed by atoms with Crippen molar-refractivity contribution in [1.82, 2.24) is 29.1 Å². The monoisotopic (exact) mass is 922 g/mol. The Morgan fingerprint density at radius 2 is 1.68 bits per heavy atom. The molecule has 2 aromatic carbocycles. The smallest absolute Gasteiger partial charge is 0.475 e. The number of carbonyl (C=O) groups is 3. The molecule has 26 heteroatoms. The second-order valence-corrected chi connectivity index (χ2v) is 16.0. The Balaban J connectivity index is 1.11. The van der Waals surface area contributed by atoms with Gasteiger partial charge in [-0.25, -0.2) is 33.9 Å². The molecule has 7 rings (SSSR count). The molecule has 0 aliphatic carbocycles. The predicted octanol–water partition coefficient (Wildman–Crippen LogP) is 1.83. The number of ether oxygens (including phenoxy) is 4. The Hall–Kier alpha value is -7.04. The van der Waals surface area contributed by atoms with E-state index >= 15 is 0 Å². The van der Waals surface area contributed by atoms with Crippen molar-refractivity contribution in [3.05, 3.63) is 98.8 Å². The van der Waals surface area contributed by atoms with E-state index in [1.807, 2.05) is 6.07 Å². The molecule has 2 aliphatic rings. The van der Waals surface area contributed by atoms with Gasteiger partial charge in [0.05, 0.1) is 44.2 Å². The molecule has 7 atom stereocenters. The number of amides is 1. The number of rotatable bonds is 17. The SMILES string of the molecule is Cc1cn(C2CC(OP(=O)(OCCC#N)OCC3OC(n4cnc5c(NC(=O)c6ccccc6)ncnc54)CC3OC(=O)COC(=O)c3cc(O)c(O)c(O)c3)C(CO)O2)c(=O)[nH]c1=O. The minimum Gasteiger partial charge on any atom is -0.504 e. The summed E-state index contributed by atoms with van der Waals surface area (Å²) in [4.78, 5) is 78.4. The van der Waals surface area contributed by atoms with Crippen LogP contribution in [0.3, 0.4) is 0 Å². The van der Waals surface area contributed by atoms with Crippen LogP contribution < -0.4 is 16.6 Å². The summed E-state index contributed by atoms with van der Waals surface area (Å²) < 4.78 is 56.6. The number of nitrogens with one attached hydrogen (secondary N) is 2. The van der Waals surface area contributed by atoms with Crippen LogP contribution in [-0.2, 0) is 41.9 Å². The van der Waals surface area contributed by atoms with Crippen LogP contribution in [-0.4, -0.2) is 118 Å². The largest absolute Gasteiger partial charge is 0.504 e. The number of nitriles is 1. The van der Waals surface area contributed by atoms with Gasteiger partial charge in [0.1, 0.15) is 43.2 Å². The highest BCUT2D eigenvalue weighted by Gasteiger charge is 2.46. The number of aryl methyl sites for hydroxylation is 1. The number of phosphoric acid groups is 1. The molecule has 7 unspecified atom stereocenters. The maximum absolute atomic E-state index is 14.3. The van der Waals surface area contributed by atoms with Crippen LogP contribution in [0.25, 0.3) is 11.2 Å². The number of imidazole rings is 1. The van der Waals surface area contributed by atoms with E-state index in [9.17, 15) is 54.2 Å². The fourth-order valence-electron chi connectivity index (χ4n) is 6.78. The second-order valence-electron chi connectivity index (χ2n) is 14.4. The van der Waals surface area contributed by atoms with Crippen LogP contribution in [0, 0.1) is 18.3 Å². The van der Waals surface area contributed by atoms with Gasteiger partial charge in [0.25, 0.3) is 11.5 Å². The van der Waals surface area contributed by atoms with E-state index in [2.05, 4.69) is 25.3 Å². The number of carbonyl (C=O) groups excluding carboxylic acids is 3. The summed E-state index contributed by atoms with van der Waals surface area (Å²) in [5.41, 5.74) is -0.996. The Labute approximate surface area is 365 Å². The lowest BCUT2D eigenvalue weighted by atomic mass is 10.2. The highest BCUT2D eigenvalue weighted by atomic mass is 31.2. The van der Waals surface area contributed by atoms with Crippen molar-refractivity contribution in [2.24, 2.45) is 0 Å². The normalized spacial score (nSPS) is 21.4. The van der Waals surface area contributed by atoms with Crippen LogP contribution >= 0.6 is 7.82 Å². The summed E-state index contributed by atoms with van der Waals surface area (Å²) in [6.45, 7) is -1.36. The van der Waals surface area contributed by atoms with Gasteiger partial charge in [-0.3, -0.25) is 37.3 Å². The van der Waals surface area contributed by atoms with Gasteiger partial charge < -0.3 is 44.7 Å². The zero-order valence-corrected chi connectivity index (χ0v) is 34.8. The van der Waals surface area contributed by atoms with Gasteiger partial charge >= 0.3 is 25.5 Å². The third-order valence-electron chi connectivity index (χ3n) is 9.97. The van der Waals surface area contributed by atoms with Crippen molar-refractivity contribution in [2.75, 3.05) is 31.7 Å². The Kier molecular flexibility index (Phi) is 14.0. The number of benzene rings is 2. The van der Waals surface area contributed by atoms with Gasteiger partial charge in [-0.2, -0.15) is 5.26 Å². The summed E-state index contributed by atoms with van der Waals surface area (Å²) in [6.07, 6.45) is -4.02. The second kappa shape index (κ2) is 19.8. The van der Waals surface area contributed by atoms with Gasteiger partial charge in [-0.05, 0) is 31.2 Å². The number of hydrogen-bond donors (Lipinski definition) is 6. The number of phenols is 3. The van der Waals surface area contributed by atoms with Crippen LogP contribution in [0.1, 0.15) is 58.0 Å². The molecule has 2 aliphatic heterocycles. The topological polar surface area (TPSA) is 348 Å². The lowest BCUT2D eigenvalue weighted by molar-refractivity contribution is -0.156. The highest BCUT2D eigenvalue weighted by molar-refractivity contribution is 7.48. The van der Waals surface area contributed by atoms with Crippen molar-refractivity contribution >= 4 is 42.7 Å². The van der Waals surface area contributed by atoms with Gasteiger partial charge in [-0.15, -0.1) is 0 Å². The minimum atomic E-state index is -4.76. The number of nitrogens with zero attached hydrogens (tertiary/aromatic N) is 6. The number of phosphoric ester groups is 1. The third-order valence-corrected chi connectivity index (χ3v) is 11.5. The number of H-pyrrole nitrogens is 1. The first-order valence-corrected chi connectivity index (χ1v) is 21.0. The lowest BCUT2D eigenvalue weighted by Crippen LogP contribution is -2.33. The fourth-order valence-corrected chi connectivity index (χ4v) is 8.17. The molecule has 2 fully saturated rings. The number of aromatic nitrogens is 6. The number of aliphatic hydroxyl groups is 1. The van der Waals surface area contributed by atoms with E-state index in [1.54, 1.807) is 30.3 Å². The molecular weight excluding hydrogens is 883 g/mol. The van der Waals surface area contributed by atoms with Crippen molar-refractivity contribution in [2.45, 2.75) is 63.1 Å². The highest BCUT2D eigenvalue weighted by Crippen LogP contribution is 2.54. The molecule has 342 valence electrons. The maximum Gasteiger partial charge on any atom is 0.475 e. The van der Waals surface area contributed by atoms with Gasteiger partial charge in [0.15, 0.2) is 40.8 Å². The number of esters is 2. The summed E-state index contributed by atoms with van der Waals surface area (Å²) in [7, 11) is -4.76. The van der Waals surface area contributed by atoms with Crippen LogP contribution in [0.2, 0.25) is 0 Å². The predicted molar refractivity (Wildman–Crippen MR) is 216 cm³/mol. The van der Waals surface area contributed by atoms with Crippen molar-refractivity contribution in [3.8, 4) is 23.3 Å². The number of aromatic amines is 1. The quantitative estimate of drug-likeness (QED) is 0.0335. The molecule has 5 aromatic rings. The van der Waals surface area contributed by atoms with E-state index in [0.717, 1.165) is 16.7 Å². The van der Waals surface area contributed by atoms with Gasteiger partial charge in [0.2, 0.25) is 0 Å². The number of hydrogen-bond acceptors (Lipinski definition) is 21. The Morgan fingerprint density at radius 1 is 0.969 bits per heavy atom. The van der Waals surface area contributed by atoms with Crippen LogP contribution in [0.15, 0.2) is 70.9 Å². The lowest BCUT2D eigenvalue weighted by Gasteiger charge is -2.25. The van der Waals surface area contributed by atoms with Crippen molar-refractivity contribution in [1.29, 1.82) is 5.26 Å². The van der Waals surface area contributed by atoms with E-state index in [4.69, 9.17) is 32.5 Å². The Morgan fingerprint density at radius 3 is 2.40 bits per heavy atom. The molecule has 65 heavy (non-hydrogen) atoms. The standard InChI is InChI=1S/C39H39N8O17P/c1-20-14-46(39(56)45-36(20)53)29-13-26(27(15-48)61-29)64-65(57,59-9-5-8-40)60-16-28-25(63-31(51)17-58-38(55)22-10-23(49)33(52)24(50)11-22)12-30(62-28)47-19-43-32-34(41-18-42-35(32)47)44-37(54)21-6-3-2-4-7-21/h2-4,6-7,10-11,14,18-19,25-30,48-50,52H,5,9,12-13,15-17H2,1H3,(H,45,53,56)(H,41,42,44,54). The number of anilines is 1. The fraction of sp³-hybridized carbons (Fsp3) is 0.359. The molecule has 0 radical (unpaired) electrons. The summed E-state index contributed by atoms with van der Waals surface area (Å²) in [5.74, 6) is -5.26. The molecular formula is C39H39N8O17P. The van der Waals surface area contributed by atoms with E-state index in [-0.39, 0.29) is 41.8 Å². The molecule has 25 nitrogen and oxygen atoms in total. The van der Waals surface area contributed by atoms with Crippen molar-refractivity contribution in [3.63, 3.8) is 0 Å². The zero-order chi connectivity index (χ0) is 46.4. The molecule has 5 heterocycles. The number of phenolic OH excluding ortho intramolecular Hbond substituents is 3. The number of aliphatic hydroxyl groups excluding tert-OH is 1. The summed E-state index contributed by atoms with van der Waals surface area (Å²) in [5, 5.41) is 51.2. The molecule has 2 saturated heterocycles. The maximum atomic E-state index is 14.3. The molecule has 0 saturated carbocycles. The summed E-state index contributed by atoms with van der Waals surface area (Å²) >= 11 is 0. The average molecular weight is 923 g/mol. The molecule has 0 spiro atoms. The van der Waals surface area contributed by atoms with Crippen LogP contribution in [0.4, 0.5) is 5.82 Å². The van der Waals surface area contributed by atoms with E-state index < -0.39 is 123 Å². The molecule has 1 amide bonds. The first kappa shape index (κ1) is 46.0. The summed E-state index contributed by atoms with van der Waals surface area (Å²) in [6, 6.07) is 11.8. The zero-order valence-electron chi connectivity index (χ0n) is 33.9. The first-order valence-electron chi connectivity index (χ1n) is 19.5. The van der Waals surface area contributed by atoms with Gasteiger partial charge in [-0.1, -0.05) is 18.2 Å².